The minimum absolute atomic E-state index is 0.0351. The number of carbonyl (C=O) groups excluding carboxylic acids is 1. The highest BCUT2D eigenvalue weighted by atomic mass is 16.5. The largest absolute Gasteiger partial charge is 0.384 e. The SMILES string of the molecule is COCC(C)CN1C(=O)C(C(C)C)NC1C(C)C. The van der Waals surface area contributed by atoms with E-state index in [2.05, 4.69) is 39.9 Å². The van der Waals surface area contributed by atoms with Crippen LogP contribution in [0.1, 0.15) is 34.6 Å². The highest BCUT2D eigenvalue weighted by Crippen LogP contribution is 2.22. The van der Waals surface area contributed by atoms with Crippen LogP contribution < -0.4 is 5.32 Å². The number of nitrogens with zero attached hydrogens (tertiary/aromatic N) is 1. The fraction of sp³-hybridized carbons (Fsp3) is 0.929. The van der Waals surface area contributed by atoms with Gasteiger partial charge in [-0.3, -0.25) is 10.1 Å². The highest BCUT2D eigenvalue weighted by molar-refractivity contribution is 5.84. The van der Waals surface area contributed by atoms with Gasteiger partial charge in [0.25, 0.3) is 0 Å². The van der Waals surface area contributed by atoms with Crippen molar-refractivity contribution < 1.29 is 9.53 Å². The van der Waals surface area contributed by atoms with Crippen molar-refractivity contribution in [3.05, 3.63) is 0 Å². The normalized spacial score (nSPS) is 26.4. The number of amides is 1. The van der Waals surface area contributed by atoms with Crippen LogP contribution in [0.3, 0.4) is 0 Å². The molecule has 1 amide bonds. The Bertz CT molecular complexity index is 279. The molecule has 3 unspecified atom stereocenters. The van der Waals surface area contributed by atoms with Gasteiger partial charge in [-0.1, -0.05) is 34.6 Å². The van der Waals surface area contributed by atoms with Gasteiger partial charge in [0.1, 0.15) is 0 Å². The van der Waals surface area contributed by atoms with E-state index in [1.165, 1.54) is 0 Å². The van der Waals surface area contributed by atoms with Crippen LogP contribution in [0.2, 0.25) is 0 Å². The van der Waals surface area contributed by atoms with Gasteiger partial charge in [-0.2, -0.15) is 0 Å². The molecular weight excluding hydrogens is 228 g/mol. The first-order valence-corrected chi connectivity index (χ1v) is 6.94. The number of methoxy groups -OCH3 is 1. The summed E-state index contributed by atoms with van der Waals surface area (Å²) in [4.78, 5) is 14.4. The average molecular weight is 256 g/mol. The summed E-state index contributed by atoms with van der Waals surface area (Å²) in [5.74, 6) is 1.37. The maximum absolute atomic E-state index is 12.4. The number of ether oxygens (including phenoxy) is 1. The van der Waals surface area contributed by atoms with Gasteiger partial charge in [0.2, 0.25) is 5.91 Å². The molecule has 0 aromatic heterocycles. The van der Waals surface area contributed by atoms with Gasteiger partial charge in [0.05, 0.1) is 18.8 Å². The Morgan fingerprint density at radius 3 is 2.28 bits per heavy atom. The third-order valence-electron chi connectivity index (χ3n) is 3.49. The summed E-state index contributed by atoms with van der Waals surface area (Å²) < 4.78 is 5.16. The molecule has 0 aliphatic carbocycles. The minimum Gasteiger partial charge on any atom is -0.384 e. The first kappa shape index (κ1) is 15.4. The van der Waals surface area contributed by atoms with Gasteiger partial charge in [-0.15, -0.1) is 0 Å². The predicted molar refractivity (Wildman–Crippen MR) is 73.1 cm³/mol. The summed E-state index contributed by atoms with van der Waals surface area (Å²) in [5, 5.41) is 3.47. The molecule has 1 aliphatic rings. The van der Waals surface area contributed by atoms with Crippen LogP contribution in [-0.4, -0.2) is 43.3 Å². The second kappa shape index (κ2) is 6.53. The maximum atomic E-state index is 12.4. The molecule has 0 saturated carbocycles. The van der Waals surface area contributed by atoms with E-state index in [1.807, 2.05) is 4.90 Å². The Balaban J connectivity index is 2.75. The molecule has 4 nitrogen and oxygen atoms in total. The van der Waals surface area contributed by atoms with Crippen molar-refractivity contribution in [1.82, 2.24) is 10.2 Å². The zero-order valence-corrected chi connectivity index (χ0v) is 12.6. The van der Waals surface area contributed by atoms with Crippen LogP contribution in [0.25, 0.3) is 0 Å². The summed E-state index contributed by atoms with van der Waals surface area (Å²) in [6.45, 7) is 12.1. The van der Waals surface area contributed by atoms with Gasteiger partial charge < -0.3 is 9.64 Å². The second-order valence-corrected chi connectivity index (χ2v) is 6.13. The lowest BCUT2D eigenvalue weighted by Gasteiger charge is -2.29. The molecule has 4 heteroatoms. The summed E-state index contributed by atoms with van der Waals surface area (Å²) >= 11 is 0. The molecule has 1 aliphatic heterocycles. The number of hydrogen-bond donors (Lipinski definition) is 1. The van der Waals surface area contributed by atoms with Crippen LogP contribution in [0.15, 0.2) is 0 Å². The lowest BCUT2D eigenvalue weighted by atomic mass is 10.0. The van der Waals surface area contributed by atoms with Crippen LogP contribution in [-0.2, 0) is 9.53 Å². The molecule has 0 radical (unpaired) electrons. The smallest absolute Gasteiger partial charge is 0.241 e. The lowest BCUT2D eigenvalue weighted by Crippen LogP contribution is -2.44. The van der Waals surface area contributed by atoms with E-state index >= 15 is 0 Å². The molecule has 3 atom stereocenters. The molecule has 1 heterocycles. The van der Waals surface area contributed by atoms with Crippen molar-refractivity contribution >= 4 is 5.91 Å². The molecule has 0 aromatic rings. The Hall–Kier alpha value is -0.610. The van der Waals surface area contributed by atoms with Crippen molar-refractivity contribution in [3.63, 3.8) is 0 Å². The monoisotopic (exact) mass is 256 g/mol. The van der Waals surface area contributed by atoms with Crippen molar-refractivity contribution in [3.8, 4) is 0 Å². The summed E-state index contributed by atoms with van der Waals surface area (Å²) in [6, 6.07) is -0.0351. The van der Waals surface area contributed by atoms with Crippen molar-refractivity contribution in [2.75, 3.05) is 20.3 Å². The quantitative estimate of drug-likeness (QED) is 0.786. The number of nitrogens with one attached hydrogen (secondary N) is 1. The van der Waals surface area contributed by atoms with Gasteiger partial charge in [0.15, 0.2) is 0 Å². The van der Waals surface area contributed by atoms with Gasteiger partial charge in [0, 0.05) is 13.7 Å². The number of carbonyl (C=O) groups is 1. The molecule has 1 fully saturated rings. The van der Waals surface area contributed by atoms with E-state index in [0.717, 1.165) is 6.54 Å². The molecule has 1 rings (SSSR count). The number of rotatable bonds is 6. The van der Waals surface area contributed by atoms with Crippen molar-refractivity contribution in [2.45, 2.75) is 46.8 Å². The standard InChI is InChI=1S/C14H28N2O2/c1-9(2)12-14(17)16(7-11(5)8-18-6)13(15-12)10(3)4/h9-13,15H,7-8H2,1-6H3. The van der Waals surface area contributed by atoms with Crippen molar-refractivity contribution in [2.24, 2.45) is 17.8 Å². The van der Waals surface area contributed by atoms with Gasteiger partial charge >= 0.3 is 0 Å². The second-order valence-electron chi connectivity index (χ2n) is 6.13. The molecule has 0 spiro atoms. The fourth-order valence-corrected chi connectivity index (χ4v) is 2.57. The van der Waals surface area contributed by atoms with Gasteiger partial charge in [-0.05, 0) is 17.8 Å². The molecule has 1 saturated heterocycles. The van der Waals surface area contributed by atoms with E-state index in [0.29, 0.717) is 24.4 Å². The average Bonchev–Trinajstić information content (AvgIpc) is 2.57. The van der Waals surface area contributed by atoms with E-state index in [9.17, 15) is 4.79 Å². The Labute approximate surface area is 111 Å². The molecular formula is C14H28N2O2. The molecule has 0 aromatic carbocycles. The van der Waals surface area contributed by atoms with Crippen LogP contribution >= 0.6 is 0 Å². The first-order chi connectivity index (χ1) is 8.38. The van der Waals surface area contributed by atoms with E-state index < -0.39 is 0 Å². The number of hydrogen-bond acceptors (Lipinski definition) is 3. The Morgan fingerprint density at radius 2 is 1.83 bits per heavy atom. The van der Waals surface area contributed by atoms with Crippen molar-refractivity contribution in [1.29, 1.82) is 0 Å². The zero-order chi connectivity index (χ0) is 13.9. The van der Waals surface area contributed by atoms with E-state index in [1.54, 1.807) is 7.11 Å². The minimum atomic E-state index is -0.0351. The van der Waals surface area contributed by atoms with E-state index in [-0.39, 0.29) is 18.1 Å². The molecule has 0 bridgehead atoms. The van der Waals surface area contributed by atoms with E-state index in [4.69, 9.17) is 4.74 Å². The van der Waals surface area contributed by atoms with Crippen LogP contribution in [0.4, 0.5) is 0 Å². The third kappa shape index (κ3) is 3.45. The first-order valence-electron chi connectivity index (χ1n) is 6.94. The molecule has 106 valence electrons. The third-order valence-corrected chi connectivity index (χ3v) is 3.49. The predicted octanol–water partition coefficient (Wildman–Crippen LogP) is 1.71. The Kier molecular flexibility index (Phi) is 5.60. The summed E-state index contributed by atoms with van der Waals surface area (Å²) in [7, 11) is 1.71. The lowest BCUT2D eigenvalue weighted by molar-refractivity contribution is -0.132. The maximum Gasteiger partial charge on any atom is 0.241 e. The van der Waals surface area contributed by atoms with Crippen LogP contribution in [0.5, 0.6) is 0 Å². The van der Waals surface area contributed by atoms with Crippen LogP contribution in [0, 0.1) is 17.8 Å². The molecule has 18 heavy (non-hydrogen) atoms. The highest BCUT2D eigenvalue weighted by Gasteiger charge is 2.41. The fourth-order valence-electron chi connectivity index (χ4n) is 2.57. The zero-order valence-electron chi connectivity index (χ0n) is 12.6. The van der Waals surface area contributed by atoms with Gasteiger partial charge in [-0.25, -0.2) is 0 Å². The molecule has 1 N–H and O–H groups in total. The summed E-state index contributed by atoms with van der Waals surface area (Å²) in [5.41, 5.74) is 0. The Morgan fingerprint density at radius 1 is 1.22 bits per heavy atom. The summed E-state index contributed by atoms with van der Waals surface area (Å²) in [6.07, 6.45) is 0.157. The topological polar surface area (TPSA) is 41.6 Å².